The number of rotatable bonds is 7. The Morgan fingerprint density at radius 3 is 2.38 bits per heavy atom. The molecule has 0 aliphatic rings. The lowest BCUT2D eigenvalue weighted by atomic mass is 10.1. The van der Waals surface area contributed by atoms with Gasteiger partial charge in [0.1, 0.15) is 27.4 Å². The monoisotopic (exact) mass is 470 g/mol. The summed E-state index contributed by atoms with van der Waals surface area (Å²) in [6.45, 7) is 4.55. The molecule has 152 valence electrons. The number of anilines is 1. The Hall–Kier alpha value is -1.79. The number of nitrogens with one attached hydrogen (secondary N) is 1. The number of aromatic nitrogens is 3. The molecule has 0 saturated heterocycles. The second-order valence-corrected chi connectivity index (χ2v) is 7.75. The summed E-state index contributed by atoms with van der Waals surface area (Å²) < 4.78 is 5.69. The van der Waals surface area contributed by atoms with Gasteiger partial charge in [-0.15, -0.1) is 0 Å². The van der Waals surface area contributed by atoms with Crippen LogP contribution in [0.4, 0.5) is 5.82 Å². The summed E-state index contributed by atoms with van der Waals surface area (Å²) in [5, 5.41) is 4.56. The molecule has 1 N–H and O–H groups in total. The van der Waals surface area contributed by atoms with Crippen molar-refractivity contribution >= 4 is 52.2 Å². The highest BCUT2D eigenvalue weighted by Crippen LogP contribution is 2.33. The normalized spacial score (nSPS) is 10.8. The molecule has 2 aromatic heterocycles. The van der Waals surface area contributed by atoms with Crippen LogP contribution in [0.15, 0.2) is 30.3 Å². The predicted octanol–water partition coefficient (Wildman–Crippen LogP) is 6.80. The van der Waals surface area contributed by atoms with Crippen molar-refractivity contribution in [1.29, 1.82) is 0 Å². The standard InChI is InChI=1S/C20H18Cl4N4O/c1-3-16-17(23)19(27-11(2)26-16)25-9-8-12-4-6-13(7-5-12)29-20-15(22)10-14(21)18(24)28-20/h4-7,10H,3,8-9H2,1-2H3,(H,25,26,27). The van der Waals surface area contributed by atoms with Crippen LogP contribution >= 0.6 is 46.4 Å². The van der Waals surface area contributed by atoms with E-state index < -0.39 is 0 Å². The molecule has 0 spiro atoms. The molecule has 0 fully saturated rings. The summed E-state index contributed by atoms with van der Waals surface area (Å²) in [5.74, 6) is 2.16. The minimum absolute atomic E-state index is 0.138. The molecule has 1 aromatic carbocycles. The number of hydrogen-bond acceptors (Lipinski definition) is 5. The van der Waals surface area contributed by atoms with E-state index in [9.17, 15) is 0 Å². The first-order valence-corrected chi connectivity index (χ1v) is 10.4. The van der Waals surface area contributed by atoms with Crippen molar-refractivity contribution in [1.82, 2.24) is 15.0 Å². The van der Waals surface area contributed by atoms with Crippen molar-refractivity contribution in [2.75, 3.05) is 11.9 Å². The minimum Gasteiger partial charge on any atom is -0.437 e. The summed E-state index contributed by atoms with van der Waals surface area (Å²) in [6.07, 6.45) is 1.54. The van der Waals surface area contributed by atoms with Gasteiger partial charge in [0.15, 0.2) is 5.15 Å². The van der Waals surface area contributed by atoms with E-state index in [-0.39, 0.29) is 21.1 Å². The van der Waals surface area contributed by atoms with Crippen molar-refractivity contribution in [3.8, 4) is 11.6 Å². The van der Waals surface area contributed by atoms with Gasteiger partial charge in [-0.1, -0.05) is 65.5 Å². The fourth-order valence-electron chi connectivity index (χ4n) is 2.63. The molecule has 2 heterocycles. The van der Waals surface area contributed by atoms with Crippen molar-refractivity contribution in [3.63, 3.8) is 0 Å². The molecule has 0 bridgehead atoms. The second kappa shape index (κ2) is 9.81. The third kappa shape index (κ3) is 5.64. The largest absolute Gasteiger partial charge is 0.437 e. The lowest BCUT2D eigenvalue weighted by Gasteiger charge is -2.11. The molecule has 3 aromatic rings. The Morgan fingerprint density at radius 1 is 0.966 bits per heavy atom. The van der Waals surface area contributed by atoms with Crippen molar-refractivity contribution in [2.45, 2.75) is 26.7 Å². The van der Waals surface area contributed by atoms with Crippen LogP contribution in [0.2, 0.25) is 20.2 Å². The average Bonchev–Trinajstić information content (AvgIpc) is 2.69. The van der Waals surface area contributed by atoms with Crippen LogP contribution in [-0.2, 0) is 12.8 Å². The number of hydrogen-bond donors (Lipinski definition) is 1. The van der Waals surface area contributed by atoms with E-state index in [1.54, 1.807) is 0 Å². The summed E-state index contributed by atoms with van der Waals surface area (Å²) >= 11 is 24.2. The van der Waals surface area contributed by atoms with E-state index in [0.29, 0.717) is 29.0 Å². The van der Waals surface area contributed by atoms with Gasteiger partial charge in [0.05, 0.1) is 10.7 Å². The van der Waals surface area contributed by atoms with Crippen molar-refractivity contribution in [2.24, 2.45) is 0 Å². The van der Waals surface area contributed by atoms with E-state index >= 15 is 0 Å². The Morgan fingerprint density at radius 2 is 1.69 bits per heavy atom. The molecule has 0 unspecified atom stereocenters. The van der Waals surface area contributed by atoms with Crippen LogP contribution in [0, 0.1) is 6.92 Å². The number of ether oxygens (including phenoxy) is 1. The van der Waals surface area contributed by atoms with Gasteiger partial charge in [0.2, 0.25) is 5.88 Å². The topological polar surface area (TPSA) is 59.9 Å². The highest BCUT2D eigenvalue weighted by molar-refractivity contribution is 6.42. The Bertz CT molecular complexity index is 1010. The SMILES string of the molecule is CCc1nc(C)nc(NCCc2ccc(Oc3nc(Cl)c(Cl)cc3Cl)cc2)c1Cl. The smallest absolute Gasteiger partial charge is 0.239 e. The molecule has 3 rings (SSSR count). The first-order valence-electron chi connectivity index (χ1n) is 8.92. The van der Waals surface area contributed by atoms with E-state index in [1.807, 2.05) is 38.1 Å². The van der Waals surface area contributed by atoms with Gasteiger partial charge in [-0.3, -0.25) is 0 Å². The van der Waals surface area contributed by atoms with Gasteiger partial charge < -0.3 is 10.1 Å². The minimum atomic E-state index is 0.138. The molecule has 9 heteroatoms. The predicted molar refractivity (Wildman–Crippen MR) is 119 cm³/mol. The van der Waals surface area contributed by atoms with E-state index in [2.05, 4.69) is 20.3 Å². The number of pyridine rings is 1. The van der Waals surface area contributed by atoms with Crippen LogP contribution in [-0.4, -0.2) is 21.5 Å². The first kappa shape index (κ1) is 21.9. The quantitative estimate of drug-likeness (QED) is 0.383. The Balaban J connectivity index is 1.60. The fourth-order valence-corrected chi connectivity index (χ4v) is 3.44. The van der Waals surface area contributed by atoms with Gasteiger partial charge >= 0.3 is 0 Å². The molecule has 0 aliphatic heterocycles. The molecule has 29 heavy (non-hydrogen) atoms. The second-order valence-electron chi connectivity index (χ2n) is 6.20. The third-order valence-electron chi connectivity index (χ3n) is 4.07. The van der Waals surface area contributed by atoms with Crippen LogP contribution in [0.5, 0.6) is 11.6 Å². The summed E-state index contributed by atoms with van der Waals surface area (Å²) in [7, 11) is 0. The van der Waals surface area contributed by atoms with E-state index in [4.69, 9.17) is 51.1 Å². The Labute approximate surface area is 189 Å². The van der Waals surface area contributed by atoms with Crippen LogP contribution < -0.4 is 10.1 Å². The molecule has 0 saturated carbocycles. The van der Waals surface area contributed by atoms with Crippen LogP contribution in [0.1, 0.15) is 24.0 Å². The number of benzene rings is 1. The zero-order chi connectivity index (χ0) is 21.0. The lowest BCUT2D eigenvalue weighted by Crippen LogP contribution is -2.09. The molecule has 0 aliphatic carbocycles. The maximum atomic E-state index is 6.36. The van der Waals surface area contributed by atoms with Crippen LogP contribution in [0.25, 0.3) is 0 Å². The zero-order valence-electron chi connectivity index (χ0n) is 15.8. The van der Waals surface area contributed by atoms with Crippen molar-refractivity contribution < 1.29 is 4.74 Å². The van der Waals surface area contributed by atoms with Gasteiger partial charge in [0, 0.05) is 6.54 Å². The first-order chi connectivity index (χ1) is 13.9. The molecule has 5 nitrogen and oxygen atoms in total. The molecule has 0 atom stereocenters. The van der Waals surface area contributed by atoms with E-state index in [0.717, 1.165) is 24.1 Å². The van der Waals surface area contributed by atoms with Crippen molar-refractivity contribution in [3.05, 3.63) is 67.6 Å². The molecule has 0 amide bonds. The van der Waals surface area contributed by atoms with Crippen LogP contribution in [0.3, 0.4) is 0 Å². The third-order valence-corrected chi connectivity index (χ3v) is 5.41. The number of nitrogens with zero attached hydrogens (tertiary/aromatic N) is 3. The molecular weight excluding hydrogens is 454 g/mol. The van der Waals surface area contributed by atoms with Gasteiger partial charge in [0.25, 0.3) is 0 Å². The van der Waals surface area contributed by atoms with Gasteiger partial charge in [-0.2, -0.15) is 4.98 Å². The number of halogens is 4. The summed E-state index contributed by atoms with van der Waals surface area (Å²) in [4.78, 5) is 12.8. The fraction of sp³-hybridized carbons (Fsp3) is 0.250. The number of aryl methyl sites for hydroxylation is 2. The average molecular weight is 472 g/mol. The lowest BCUT2D eigenvalue weighted by molar-refractivity contribution is 0.463. The molecule has 0 radical (unpaired) electrons. The summed E-state index contributed by atoms with van der Waals surface area (Å²) in [5.41, 5.74) is 1.97. The van der Waals surface area contributed by atoms with E-state index in [1.165, 1.54) is 6.07 Å². The highest BCUT2D eigenvalue weighted by atomic mass is 35.5. The summed E-state index contributed by atoms with van der Waals surface area (Å²) in [6, 6.07) is 9.11. The zero-order valence-corrected chi connectivity index (χ0v) is 18.8. The molecular formula is C20H18Cl4N4O. The maximum absolute atomic E-state index is 6.36. The van der Waals surface area contributed by atoms with Gasteiger partial charge in [-0.25, -0.2) is 9.97 Å². The van der Waals surface area contributed by atoms with Gasteiger partial charge in [-0.05, 0) is 43.5 Å². The Kier molecular flexibility index (Phi) is 7.41. The highest BCUT2D eigenvalue weighted by Gasteiger charge is 2.11. The maximum Gasteiger partial charge on any atom is 0.239 e.